The van der Waals surface area contributed by atoms with Crippen molar-refractivity contribution in [3.63, 3.8) is 0 Å². The molecule has 0 radical (unpaired) electrons. The van der Waals surface area contributed by atoms with E-state index >= 15 is 0 Å². The van der Waals surface area contributed by atoms with Gasteiger partial charge in [0.15, 0.2) is 0 Å². The molecule has 0 atom stereocenters. The molecule has 2 heterocycles. The molecule has 0 bridgehead atoms. The second kappa shape index (κ2) is 6.44. The van der Waals surface area contributed by atoms with Gasteiger partial charge in [-0.05, 0) is 38.3 Å². The Morgan fingerprint density at radius 3 is 2.83 bits per heavy atom. The van der Waals surface area contributed by atoms with Crippen LogP contribution in [-0.4, -0.2) is 35.3 Å². The van der Waals surface area contributed by atoms with Gasteiger partial charge >= 0.3 is 0 Å². The zero-order chi connectivity index (χ0) is 16.4. The van der Waals surface area contributed by atoms with Gasteiger partial charge in [0.2, 0.25) is 0 Å². The Labute approximate surface area is 137 Å². The van der Waals surface area contributed by atoms with E-state index in [0.29, 0.717) is 12.1 Å². The van der Waals surface area contributed by atoms with Crippen LogP contribution in [0.4, 0.5) is 5.69 Å². The summed E-state index contributed by atoms with van der Waals surface area (Å²) in [6.45, 7) is 6.33. The van der Waals surface area contributed by atoms with Gasteiger partial charge in [-0.15, -0.1) is 0 Å². The van der Waals surface area contributed by atoms with Crippen LogP contribution in [0.15, 0.2) is 24.3 Å². The van der Waals surface area contributed by atoms with Crippen molar-refractivity contribution in [3.05, 3.63) is 46.8 Å². The fraction of sp³-hybridized carbons (Fsp3) is 0.444. The molecular weight excluding hydrogens is 288 g/mol. The Bertz CT molecular complexity index is 720. The number of nitrogens with one attached hydrogen (secondary N) is 1. The van der Waals surface area contributed by atoms with Crippen LogP contribution < -0.4 is 10.2 Å². The smallest absolute Gasteiger partial charge is 0.255 e. The van der Waals surface area contributed by atoms with E-state index in [1.165, 1.54) is 17.7 Å². The van der Waals surface area contributed by atoms with Crippen LogP contribution in [0.3, 0.4) is 0 Å². The first-order valence-electron chi connectivity index (χ1n) is 8.19. The van der Waals surface area contributed by atoms with E-state index in [4.69, 9.17) is 0 Å². The number of para-hydroxylation sites is 1. The van der Waals surface area contributed by atoms with Crippen LogP contribution in [0.25, 0.3) is 0 Å². The average molecular weight is 312 g/mol. The molecule has 2 aromatic rings. The van der Waals surface area contributed by atoms with E-state index < -0.39 is 0 Å². The molecule has 3 rings (SSSR count). The number of anilines is 1. The molecule has 1 aromatic carbocycles. The van der Waals surface area contributed by atoms with Gasteiger partial charge < -0.3 is 10.2 Å². The monoisotopic (exact) mass is 312 g/mol. The third-order valence-corrected chi connectivity index (χ3v) is 4.61. The molecular formula is C18H24N4O. The zero-order valence-electron chi connectivity index (χ0n) is 14.1. The highest BCUT2D eigenvalue weighted by Gasteiger charge is 2.18. The van der Waals surface area contributed by atoms with Crippen LogP contribution in [0.5, 0.6) is 0 Å². The largest absolute Gasteiger partial charge is 0.370 e. The molecule has 122 valence electrons. The number of carbonyl (C=O) groups excluding carboxylic acids is 1. The number of aryl methyl sites for hydroxylation is 3. The fourth-order valence-corrected chi connectivity index (χ4v) is 3.34. The van der Waals surface area contributed by atoms with Gasteiger partial charge in [-0.25, -0.2) is 0 Å². The number of nitrogens with zero attached hydrogens (tertiary/aromatic N) is 3. The molecule has 0 saturated heterocycles. The predicted molar refractivity (Wildman–Crippen MR) is 92.0 cm³/mol. The highest BCUT2D eigenvalue weighted by Crippen LogP contribution is 2.26. The molecule has 0 spiro atoms. The number of carbonyl (C=O) groups is 1. The SMILES string of the molecule is Cc1nn(C)c(C)c1C(=O)NCCN1CCCc2ccccc21. The summed E-state index contributed by atoms with van der Waals surface area (Å²) in [4.78, 5) is 14.8. The van der Waals surface area contributed by atoms with Gasteiger partial charge in [0.1, 0.15) is 0 Å². The van der Waals surface area contributed by atoms with Gasteiger partial charge in [0.05, 0.1) is 11.3 Å². The summed E-state index contributed by atoms with van der Waals surface area (Å²) in [5.74, 6) is -0.0293. The topological polar surface area (TPSA) is 50.2 Å². The van der Waals surface area contributed by atoms with E-state index in [2.05, 4.69) is 39.6 Å². The van der Waals surface area contributed by atoms with Crippen molar-refractivity contribution in [2.75, 3.05) is 24.5 Å². The lowest BCUT2D eigenvalue weighted by molar-refractivity contribution is 0.0953. The minimum Gasteiger partial charge on any atom is -0.370 e. The predicted octanol–water partition coefficient (Wildman–Crippen LogP) is 2.22. The third kappa shape index (κ3) is 3.09. The first kappa shape index (κ1) is 15.6. The number of hydrogen-bond acceptors (Lipinski definition) is 3. The lowest BCUT2D eigenvalue weighted by Crippen LogP contribution is -2.37. The van der Waals surface area contributed by atoms with E-state index in [9.17, 15) is 4.79 Å². The molecule has 1 aliphatic rings. The molecule has 0 saturated carbocycles. The lowest BCUT2D eigenvalue weighted by Gasteiger charge is -2.31. The lowest BCUT2D eigenvalue weighted by atomic mass is 10.0. The minimum atomic E-state index is -0.0293. The molecule has 0 aliphatic carbocycles. The van der Waals surface area contributed by atoms with Gasteiger partial charge in [-0.1, -0.05) is 18.2 Å². The van der Waals surface area contributed by atoms with Crippen LogP contribution in [-0.2, 0) is 13.5 Å². The summed E-state index contributed by atoms with van der Waals surface area (Å²) in [5.41, 5.74) is 5.10. The molecule has 1 aliphatic heterocycles. The summed E-state index contributed by atoms with van der Waals surface area (Å²) < 4.78 is 1.76. The van der Waals surface area contributed by atoms with Gasteiger partial charge in [-0.2, -0.15) is 5.10 Å². The zero-order valence-corrected chi connectivity index (χ0v) is 14.1. The Morgan fingerprint density at radius 1 is 1.30 bits per heavy atom. The van der Waals surface area contributed by atoms with Crippen LogP contribution in [0, 0.1) is 13.8 Å². The number of amides is 1. The van der Waals surface area contributed by atoms with E-state index in [1.54, 1.807) is 4.68 Å². The molecule has 1 aromatic heterocycles. The summed E-state index contributed by atoms with van der Waals surface area (Å²) in [6, 6.07) is 8.55. The molecule has 5 heteroatoms. The Kier molecular flexibility index (Phi) is 4.37. The Hall–Kier alpha value is -2.30. The summed E-state index contributed by atoms with van der Waals surface area (Å²) in [7, 11) is 1.86. The molecule has 23 heavy (non-hydrogen) atoms. The number of benzene rings is 1. The fourth-order valence-electron chi connectivity index (χ4n) is 3.34. The van der Waals surface area contributed by atoms with Crippen molar-refractivity contribution < 1.29 is 4.79 Å². The van der Waals surface area contributed by atoms with Crippen molar-refractivity contribution in [1.82, 2.24) is 15.1 Å². The molecule has 1 amide bonds. The summed E-state index contributed by atoms with van der Waals surface area (Å²) in [5, 5.41) is 7.34. The van der Waals surface area contributed by atoms with Gasteiger partial charge in [0.25, 0.3) is 5.91 Å². The van der Waals surface area contributed by atoms with Crippen LogP contribution in [0.1, 0.15) is 33.7 Å². The molecule has 0 fully saturated rings. The van der Waals surface area contributed by atoms with Crippen molar-refractivity contribution in [2.45, 2.75) is 26.7 Å². The number of fused-ring (bicyclic) bond motifs is 1. The first-order chi connectivity index (χ1) is 11.1. The second-order valence-corrected chi connectivity index (χ2v) is 6.14. The number of hydrogen-bond donors (Lipinski definition) is 1. The molecule has 0 unspecified atom stereocenters. The highest BCUT2D eigenvalue weighted by atomic mass is 16.1. The quantitative estimate of drug-likeness (QED) is 0.942. The minimum absolute atomic E-state index is 0.0293. The van der Waals surface area contributed by atoms with E-state index in [-0.39, 0.29) is 5.91 Å². The van der Waals surface area contributed by atoms with Crippen molar-refractivity contribution in [3.8, 4) is 0 Å². The Morgan fingerprint density at radius 2 is 2.09 bits per heavy atom. The normalized spacial score (nSPS) is 13.8. The molecule has 1 N–H and O–H groups in total. The first-order valence-corrected chi connectivity index (χ1v) is 8.19. The average Bonchev–Trinajstić information content (AvgIpc) is 2.80. The second-order valence-electron chi connectivity index (χ2n) is 6.14. The standard InChI is InChI=1S/C18H24N4O/c1-13-17(14(2)21(3)20-13)18(23)19-10-12-22-11-6-8-15-7-4-5-9-16(15)22/h4-5,7,9H,6,8,10-12H2,1-3H3,(H,19,23). The Balaban J connectivity index is 1.61. The maximum Gasteiger partial charge on any atom is 0.255 e. The van der Waals surface area contributed by atoms with Crippen LogP contribution in [0.2, 0.25) is 0 Å². The van der Waals surface area contributed by atoms with Crippen molar-refractivity contribution >= 4 is 11.6 Å². The van der Waals surface area contributed by atoms with Crippen molar-refractivity contribution in [1.29, 1.82) is 0 Å². The van der Waals surface area contributed by atoms with Gasteiger partial charge in [-0.3, -0.25) is 9.48 Å². The maximum atomic E-state index is 12.4. The van der Waals surface area contributed by atoms with Gasteiger partial charge in [0, 0.05) is 38.1 Å². The van der Waals surface area contributed by atoms with E-state index in [0.717, 1.165) is 30.9 Å². The molecule has 5 nitrogen and oxygen atoms in total. The highest BCUT2D eigenvalue weighted by molar-refractivity contribution is 5.96. The number of rotatable bonds is 4. The third-order valence-electron chi connectivity index (χ3n) is 4.61. The summed E-state index contributed by atoms with van der Waals surface area (Å²) in [6.07, 6.45) is 2.32. The summed E-state index contributed by atoms with van der Waals surface area (Å²) >= 11 is 0. The van der Waals surface area contributed by atoms with E-state index in [1.807, 2.05) is 20.9 Å². The number of aromatic nitrogens is 2. The maximum absolute atomic E-state index is 12.4. The van der Waals surface area contributed by atoms with Crippen molar-refractivity contribution in [2.24, 2.45) is 7.05 Å². The van der Waals surface area contributed by atoms with Crippen LogP contribution >= 0.6 is 0 Å².